The third kappa shape index (κ3) is 3.88. The van der Waals surface area contributed by atoms with Crippen LogP contribution in [0.2, 0.25) is 0 Å². The molecule has 1 fully saturated rings. The van der Waals surface area contributed by atoms with Crippen LogP contribution in [-0.4, -0.2) is 32.8 Å². The number of nitrogens with zero attached hydrogens (tertiary/aromatic N) is 3. The van der Waals surface area contributed by atoms with Crippen LogP contribution in [-0.2, 0) is 16.1 Å². The summed E-state index contributed by atoms with van der Waals surface area (Å²) in [7, 11) is 0. The summed E-state index contributed by atoms with van der Waals surface area (Å²) >= 11 is 1.20. The fourth-order valence-corrected chi connectivity index (χ4v) is 3.38. The molecule has 126 valence electrons. The molecule has 1 aromatic heterocycles. The molecule has 0 spiro atoms. The van der Waals surface area contributed by atoms with Crippen molar-refractivity contribution in [2.75, 3.05) is 11.9 Å². The lowest BCUT2D eigenvalue weighted by Gasteiger charge is -2.22. The van der Waals surface area contributed by atoms with E-state index in [1.165, 1.54) is 18.5 Å². The summed E-state index contributed by atoms with van der Waals surface area (Å²) in [6.45, 7) is 2.28. The molecule has 2 amide bonds. The molecule has 0 bridgehead atoms. The van der Waals surface area contributed by atoms with E-state index in [2.05, 4.69) is 14.7 Å². The van der Waals surface area contributed by atoms with Crippen LogP contribution in [0.3, 0.4) is 0 Å². The lowest BCUT2D eigenvalue weighted by atomic mass is 10.2. The summed E-state index contributed by atoms with van der Waals surface area (Å²) < 4.78 is 9.52. The lowest BCUT2D eigenvalue weighted by molar-refractivity contribution is -0.114. The average molecular weight is 346 g/mol. The minimum atomic E-state index is -0.349. The number of benzene rings is 1. The molecule has 3 rings (SSSR count). The van der Waals surface area contributed by atoms with E-state index in [9.17, 15) is 9.59 Å². The first-order valence-electron chi connectivity index (χ1n) is 7.72. The standard InChI is InChI=1S/C16H18N4O3S/c1-11(21)17-15-18-14(24-19-15)13-8-5-9-20(13)16(22)23-10-12-6-3-2-4-7-12/h2-4,6-7,13H,5,8-10H2,1H3,(H,17,19,21). The van der Waals surface area contributed by atoms with Gasteiger partial charge in [-0.05, 0) is 29.9 Å². The van der Waals surface area contributed by atoms with Crippen LogP contribution in [0.15, 0.2) is 30.3 Å². The molecule has 2 heterocycles. The van der Waals surface area contributed by atoms with Crippen LogP contribution >= 0.6 is 11.5 Å². The fourth-order valence-electron chi connectivity index (χ4n) is 2.62. The van der Waals surface area contributed by atoms with Crippen LogP contribution in [0.1, 0.15) is 36.4 Å². The summed E-state index contributed by atoms with van der Waals surface area (Å²) in [5.41, 5.74) is 0.949. The quantitative estimate of drug-likeness (QED) is 0.920. The van der Waals surface area contributed by atoms with Gasteiger partial charge in [-0.25, -0.2) is 9.78 Å². The van der Waals surface area contributed by atoms with Crippen LogP contribution in [0.4, 0.5) is 10.7 Å². The largest absolute Gasteiger partial charge is 0.445 e. The van der Waals surface area contributed by atoms with Gasteiger partial charge in [-0.1, -0.05) is 30.3 Å². The van der Waals surface area contributed by atoms with Crippen LogP contribution in [0.5, 0.6) is 0 Å². The molecule has 0 aliphatic carbocycles. The number of likely N-dealkylation sites (tertiary alicyclic amines) is 1. The predicted octanol–water partition coefficient (Wildman–Crippen LogP) is 2.97. The molecule has 1 atom stereocenters. The number of nitrogens with one attached hydrogen (secondary N) is 1. The highest BCUT2D eigenvalue weighted by Crippen LogP contribution is 2.34. The first-order valence-corrected chi connectivity index (χ1v) is 8.49. The number of aromatic nitrogens is 2. The molecule has 1 N–H and O–H groups in total. The highest BCUT2D eigenvalue weighted by molar-refractivity contribution is 7.05. The maximum absolute atomic E-state index is 12.4. The zero-order valence-electron chi connectivity index (χ0n) is 13.3. The van der Waals surface area contributed by atoms with E-state index in [4.69, 9.17) is 4.74 Å². The molecule has 1 aromatic carbocycles. The van der Waals surface area contributed by atoms with Gasteiger partial charge in [0.2, 0.25) is 11.9 Å². The van der Waals surface area contributed by atoms with Crippen molar-refractivity contribution in [3.8, 4) is 0 Å². The number of hydrogen-bond donors (Lipinski definition) is 1. The maximum Gasteiger partial charge on any atom is 0.410 e. The minimum Gasteiger partial charge on any atom is -0.445 e. The van der Waals surface area contributed by atoms with Crippen molar-refractivity contribution in [1.29, 1.82) is 0 Å². The van der Waals surface area contributed by atoms with E-state index in [-0.39, 0.29) is 30.6 Å². The number of hydrogen-bond acceptors (Lipinski definition) is 6. The van der Waals surface area contributed by atoms with Gasteiger partial charge in [0, 0.05) is 13.5 Å². The molecule has 1 aliphatic heterocycles. The molecule has 0 radical (unpaired) electrons. The Morgan fingerprint density at radius 3 is 2.92 bits per heavy atom. The monoisotopic (exact) mass is 346 g/mol. The van der Waals surface area contributed by atoms with Crippen LogP contribution in [0, 0.1) is 0 Å². The number of carbonyl (C=O) groups excluding carboxylic acids is 2. The van der Waals surface area contributed by atoms with Gasteiger partial charge < -0.3 is 4.74 Å². The Balaban J connectivity index is 1.63. The summed E-state index contributed by atoms with van der Waals surface area (Å²) in [5, 5.41) is 3.27. The molecular formula is C16H18N4O3S. The highest BCUT2D eigenvalue weighted by Gasteiger charge is 2.33. The zero-order valence-corrected chi connectivity index (χ0v) is 14.1. The van der Waals surface area contributed by atoms with Crippen molar-refractivity contribution < 1.29 is 14.3 Å². The minimum absolute atomic E-state index is 0.145. The molecule has 1 unspecified atom stereocenters. The normalized spacial score (nSPS) is 16.9. The first-order chi connectivity index (χ1) is 11.6. The Morgan fingerprint density at radius 1 is 1.38 bits per heavy atom. The van der Waals surface area contributed by atoms with E-state index < -0.39 is 0 Å². The molecule has 1 saturated heterocycles. The Morgan fingerprint density at radius 2 is 2.17 bits per heavy atom. The predicted molar refractivity (Wildman–Crippen MR) is 89.5 cm³/mol. The number of carbonyl (C=O) groups is 2. The lowest BCUT2D eigenvalue weighted by Crippen LogP contribution is -2.31. The van der Waals surface area contributed by atoms with E-state index in [1.807, 2.05) is 30.3 Å². The fraction of sp³-hybridized carbons (Fsp3) is 0.375. The number of anilines is 1. The van der Waals surface area contributed by atoms with Gasteiger partial charge in [0.05, 0.1) is 6.04 Å². The number of rotatable bonds is 4. The van der Waals surface area contributed by atoms with Crippen molar-refractivity contribution in [3.05, 3.63) is 40.9 Å². The highest BCUT2D eigenvalue weighted by atomic mass is 32.1. The second kappa shape index (κ2) is 7.39. The van der Waals surface area contributed by atoms with Crippen molar-refractivity contribution in [3.63, 3.8) is 0 Å². The summed E-state index contributed by atoms with van der Waals surface area (Å²) in [5.74, 6) is 0.0666. The topological polar surface area (TPSA) is 84.4 Å². The van der Waals surface area contributed by atoms with Gasteiger partial charge in [0.25, 0.3) is 0 Å². The smallest absolute Gasteiger partial charge is 0.410 e. The van der Waals surface area contributed by atoms with Gasteiger partial charge in [-0.3, -0.25) is 15.0 Å². The first kappa shape index (κ1) is 16.4. The van der Waals surface area contributed by atoms with Crippen molar-refractivity contribution in [2.24, 2.45) is 0 Å². The molecule has 0 saturated carbocycles. The summed E-state index contributed by atoms with van der Waals surface area (Å²) in [4.78, 5) is 29.4. The van der Waals surface area contributed by atoms with E-state index in [0.29, 0.717) is 11.6 Å². The summed E-state index contributed by atoms with van der Waals surface area (Å²) in [6, 6.07) is 9.43. The Kier molecular flexibility index (Phi) is 5.05. The van der Waals surface area contributed by atoms with E-state index in [0.717, 1.165) is 18.4 Å². The van der Waals surface area contributed by atoms with Crippen molar-refractivity contribution in [1.82, 2.24) is 14.3 Å². The van der Waals surface area contributed by atoms with Crippen molar-refractivity contribution >= 4 is 29.5 Å². The third-order valence-corrected chi connectivity index (χ3v) is 4.52. The molecular weight excluding hydrogens is 328 g/mol. The van der Waals surface area contributed by atoms with Gasteiger partial charge in [0.1, 0.15) is 11.6 Å². The molecule has 24 heavy (non-hydrogen) atoms. The molecule has 8 heteroatoms. The number of ether oxygens (including phenoxy) is 1. The van der Waals surface area contributed by atoms with Gasteiger partial charge in [-0.2, -0.15) is 4.37 Å². The molecule has 1 aliphatic rings. The van der Waals surface area contributed by atoms with Gasteiger partial charge in [0.15, 0.2) is 0 Å². The van der Waals surface area contributed by atoms with E-state index in [1.54, 1.807) is 4.90 Å². The number of amides is 2. The van der Waals surface area contributed by atoms with Gasteiger partial charge in [-0.15, -0.1) is 0 Å². The van der Waals surface area contributed by atoms with Gasteiger partial charge >= 0.3 is 6.09 Å². The Hall–Kier alpha value is -2.48. The maximum atomic E-state index is 12.4. The van der Waals surface area contributed by atoms with E-state index >= 15 is 0 Å². The molecule has 7 nitrogen and oxygen atoms in total. The zero-order chi connectivity index (χ0) is 16.9. The second-order valence-electron chi connectivity index (χ2n) is 5.53. The Labute approximate surface area is 143 Å². The average Bonchev–Trinajstić information content (AvgIpc) is 3.22. The summed E-state index contributed by atoms with van der Waals surface area (Å²) in [6.07, 6.45) is 1.35. The second-order valence-corrected chi connectivity index (χ2v) is 6.31. The van der Waals surface area contributed by atoms with Crippen LogP contribution < -0.4 is 5.32 Å². The SMILES string of the molecule is CC(=O)Nc1nsc(C2CCCN2C(=O)OCc2ccccc2)n1. The molecule has 2 aromatic rings. The third-order valence-electron chi connectivity index (χ3n) is 3.71. The Bertz CT molecular complexity index is 719. The van der Waals surface area contributed by atoms with Crippen molar-refractivity contribution in [2.45, 2.75) is 32.4 Å². The van der Waals surface area contributed by atoms with Crippen LogP contribution in [0.25, 0.3) is 0 Å².